The van der Waals surface area contributed by atoms with E-state index in [1.165, 1.54) is 0 Å². The van der Waals surface area contributed by atoms with Gasteiger partial charge in [-0.25, -0.2) is 0 Å². The Hall–Kier alpha value is -0.630. The Balaban J connectivity index is 3.83. The maximum Gasteiger partial charge on any atom is 0.150 e. The fourth-order valence-corrected chi connectivity index (χ4v) is 0.627. The predicted molar refractivity (Wildman–Crippen MR) is 38.3 cm³/mol. The molecule has 0 aromatic rings. The van der Waals surface area contributed by atoms with Gasteiger partial charge in [0.1, 0.15) is 0 Å². The first-order valence-electron chi connectivity index (χ1n) is 3.03. The smallest absolute Gasteiger partial charge is 0.150 e. The summed E-state index contributed by atoms with van der Waals surface area (Å²) in [5.41, 5.74) is 0. The molecule has 0 bridgehead atoms. The number of carbonyl (C=O) groups excluding carboxylic acids is 1. The summed E-state index contributed by atoms with van der Waals surface area (Å²) in [6, 6.07) is -0.102. The third kappa shape index (κ3) is 3.03. The Morgan fingerprint density at radius 3 is 2.33 bits per heavy atom. The molecule has 1 N–H and O–H groups in total. The molecule has 0 aliphatic carbocycles. The van der Waals surface area contributed by atoms with Crippen molar-refractivity contribution < 1.29 is 4.79 Å². The van der Waals surface area contributed by atoms with E-state index in [4.69, 9.17) is 0 Å². The Morgan fingerprint density at radius 2 is 2.22 bits per heavy atom. The first kappa shape index (κ1) is 8.37. The summed E-state index contributed by atoms with van der Waals surface area (Å²) in [4.78, 5) is 10.7. The van der Waals surface area contributed by atoms with Gasteiger partial charge in [0.15, 0.2) is 5.78 Å². The molecule has 0 heterocycles. The third-order valence-corrected chi connectivity index (χ3v) is 1.13. The minimum absolute atomic E-state index is 0.102. The summed E-state index contributed by atoms with van der Waals surface area (Å²) in [7, 11) is 1.77. The van der Waals surface area contributed by atoms with E-state index in [2.05, 4.69) is 5.32 Å². The highest BCUT2D eigenvalue weighted by Crippen LogP contribution is 1.86. The molecule has 0 aliphatic rings. The van der Waals surface area contributed by atoms with Crippen molar-refractivity contribution in [2.75, 3.05) is 7.05 Å². The molecule has 1 atom stereocenters. The lowest BCUT2D eigenvalue weighted by Crippen LogP contribution is -2.29. The van der Waals surface area contributed by atoms with Gasteiger partial charge < -0.3 is 5.32 Å². The maximum atomic E-state index is 10.7. The first-order chi connectivity index (χ1) is 4.22. The number of likely N-dealkylation sites (N-methyl/N-ethyl adjacent to an activating group) is 1. The lowest BCUT2D eigenvalue weighted by Gasteiger charge is -2.04. The molecular weight excluding hydrogens is 114 g/mol. The highest BCUT2D eigenvalue weighted by molar-refractivity contribution is 5.83. The largest absolute Gasteiger partial charge is 0.307 e. The minimum Gasteiger partial charge on any atom is -0.307 e. The number of Topliss-reactive ketones (excluding diaryl/α,β-unsaturated/α-hetero) is 1. The lowest BCUT2D eigenvalue weighted by atomic mass is 10.2. The lowest BCUT2D eigenvalue weighted by molar-refractivity contribution is -0.117. The molecule has 0 fully saturated rings. The van der Waals surface area contributed by atoms with Crippen LogP contribution in [0.3, 0.4) is 0 Å². The molecule has 9 heavy (non-hydrogen) atoms. The summed E-state index contributed by atoms with van der Waals surface area (Å²) in [6.07, 6.45) is 3.70. The van der Waals surface area contributed by atoms with Crippen LogP contribution in [0.25, 0.3) is 0 Å². The van der Waals surface area contributed by atoms with Crippen LogP contribution >= 0.6 is 0 Å². The quantitative estimate of drug-likeness (QED) is 0.566. The van der Waals surface area contributed by atoms with Gasteiger partial charge in [0, 0.05) is 0 Å². The van der Waals surface area contributed by atoms with Gasteiger partial charge >= 0.3 is 0 Å². The van der Waals surface area contributed by atoms with Crippen molar-refractivity contribution in [3.05, 3.63) is 12.2 Å². The topological polar surface area (TPSA) is 29.1 Å². The van der Waals surface area contributed by atoms with Crippen LogP contribution in [0.15, 0.2) is 12.2 Å². The van der Waals surface area contributed by atoms with E-state index in [1.807, 2.05) is 19.1 Å². The number of rotatable bonds is 3. The van der Waals surface area contributed by atoms with Crippen LogP contribution in [-0.4, -0.2) is 18.9 Å². The van der Waals surface area contributed by atoms with E-state index in [1.54, 1.807) is 14.0 Å². The van der Waals surface area contributed by atoms with E-state index in [0.717, 1.165) is 0 Å². The van der Waals surface area contributed by atoms with Gasteiger partial charge in [0.05, 0.1) is 6.04 Å². The fourth-order valence-electron chi connectivity index (χ4n) is 0.627. The van der Waals surface area contributed by atoms with Crippen LogP contribution in [-0.2, 0) is 4.79 Å². The monoisotopic (exact) mass is 127 g/mol. The Labute approximate surface area is 56.0 Å². The number of ketones is 1. The van der Waals surface area contributed by atoms with Crippen LogP contribution in [0.1, 0.15) is 13.8 Å². The second-order valence-electron chi connectivity index (χ2n) is 1.90. The van der Waals surface area contributed by atoms with Crippen LogP contribution < -0.4 is 5.32 Å². The Bertz CT molecular complexity index is 118. The van der Waals surface area contributed by atoms with E-state index >= 15 is 0 Å². The summed E-state index contributed by atoms with van der Waals surface area (Å²) in [5.74, 6) is 0.149. The average molecular weight is 127 g/mol. The van der Waals surface area contributed by atoms with Gasteiger partial charge in [0.2, 0.25) is 0 Å². The zero-order chi connectivity index (χ0) is 7.28. The van der Waals surface area contributed by atoms with Crippen LogP contribution in [0.2, 0.25) is 0 Å². The molecule has 0 radical (unpaired) electrons. The third-order valence-electron chi connectivity index (χ3n) is 1.13. The van der Waals surface area contributed by atoms with Crippen molar-refractivity contribution in [1.82, 2.24) is 5.32 Å². The van der Waals surface area contributed by atoms with Crippen LogP contribution in [0.5, 0.6) is 0 Å². The van der Waals surface area contributed by atoms with Crippen molar-refractivity contribution in [3.8, 4) is 0 Å². The second-order valence-corrected chi connectivity index (χ2v) is 1.90. The van der Waals surface area contributed by atoms with E-state index in [-0.39, 0.29) is 11.8 Å². The Morgan fingerprint density at radius 1 is 1.67 bits per heavy atom. The van der Waals surface area contributed by atoms with E-state index in [9.17, 15) is 4.79 Å². The number of hydrogen-bond acceptors (Lipinski definition) is 2. The second kappa shape index (κ2) is 4.27. The minimum atomic E-state index is -0.102. The highest BCUT2D eigenvalue weighted by atomic mass is 16.1. The number of allylic oxidation sites excluding steroid dienone is 1. The van der Waals surface area contributed by atoms with Gasteiger partial charge in [-0.3, -0.25) is 4.79 Å². The molecule has 0 aliphatic heterocycles. The summed E-state index contributed by atoms with van der Waals surface area (Å²) in [6.45, 7) is 3.47. The standard InChI is InChI=1S/C7H13NO/c1-4-5-7(8-3)6(2)9/h4-5,7-8H,1-3H3/b5-4+. The molecule has 2 heteroatoms. The fraction of sp³-hybridized carbons (Fsp3) is 0.571. The molecular formula is C7H13NO. The van der Waals surface area contributed by atoms with Crippen molar-refractivity contribution >= 4 is 5.78 Å². The molecule has 52 valence electrons. The van der Waals surface area contributed by atoms with E-state index < -0.39 is 0 Å². The molecule has 0 spiro atoms. The average Bonchev–Trinajstić information content (AvgIpc) is 1.82. The molecule has 0 saturated heterocycles. The van der Waals surface area contributed by atoms with Crippen molar-refractivity contribution in [2.24, 2.45) is 0 Å². The van der Waals surface area contributed by atoms with E-state index in [0.29, 0.717) is 0 Å². The number of hydrogen-bond donors (Lipinski definition) is 1. The SMILES string of the molecule is C/C=C/C(NC)C(C)=O. The van der Waals surface area contributed by atoms with Gasteiger partial charge in [-0.1, -0.05) is 12.2 Å². The van der Waals surface area contributed by atoms with Gasteiger partial charge in [-0.05, 0) is 20.9 Å². The molecule has 2 nitrogen and oxygen atoms in total. The summed E-state index contributed by atoms with van der Waals surface area (Å²) >= 11 is 0. The maximum absolute atomic E-state index is 10.7. The normalized spacial score (nSPS) is 14.1. The number of nitrogens with one attached hydrogen (secondary N) is 1. The van der Waals surface area contributed by atoms with Crippen molar-refractivity contribution in [2.45, 2.75) is 19.9 Å². The molecule has 0 amide bonds. The van der Waals surface area contributed by atoms with Gasteiger partial charge in [-0.2, -0.15) is 0 Å². The van der Waals surface area contributed by atoms with Crippen molar-refractivity contribution in [1.29, 1.82) is 0 Å². The molecule has 0 aromatic carbocycles. The summed E-state index contributed by atoms with van der Waals surface area (Å²) < 4.78 is 0. The van der Waals surface area contributed by atoms with Crippen LogP contribution in [0, 0.1) is 0 Å². The van der Waals surface area contributed by atoms with Gasteiger partial charge in [-0.15, -0.1) is 0 Å². The molecule has 1 unspecified atom stereocenters. The Kier molecular flexibility index (Phi) is 3.97. The van der Waals surface area contributed by atoms with Crippen molar-refractivity contribution in [3.63, 3.8) is 0 Å². The number of carbonyl (C=O) groups is 1. The molecule has 0 aromatic heterocycles. The molecule has 0 saturated carbocycles. The highest BCUT2D eigenvalue weighted by Gasteiger charge is 2.04. The van der Waals surface area contributed by atoms with Crippen LogP contribution in [0.4, 0.5) is 0 Å². The predicted octanol–water partition coefficient (Wildman–Crippen LogP) is 0.740. The zero-order valence-electron chi connectivity index (χ0n) is 6.14. The van der Waals surface area contributed by atoms with Gasteiger partial charge in [0.25, 0.3) is 0 Å². The molecule has 0 rings (SSSR count). The first-order valence-corrected chi connectivity index (χ1v) is 3.03. The zero-order valence-corrected chi connectivity index (χ0v) is 6.14. The summed E-state index contributed by atoms with van der Waals surface area (Å²) in [5, 5.41) is 2.87.